The van der Waals surface area contributed by atoms with Crippen molar-refractivity contribution in [3.05, 3.63) is 35.9 Å². The van der Waals surface area contributed by atoms with Gasteiger partial charge in [-0.25, -0.2) is 9.67 Å². The van der Waals surface area contributed by atoms with Gasteiger partial charge in [0.1, 0.15) is 5.69 Å². The van der Waals surface area contributed by atoms with Crippen LogP contribution >= 0.6 is 0 Å². The lowest BCUT2D eigenvalue weighted by atomic mass is 10.2. The summed E-state index contributed by atoms with van der Waals surface area (Å²) in [6.07, 6.45) is 0.271. The van der Waals surface area contributed by atoms with Crippen molar-refractivity contribution in [3.63, 3.8) is 0 Å². The van der Waals surface area contributed by atoms with E-state index in [-0.39, 0.29) is 5.92 Å². The zero-order valence-corrected chi connectivity index (χ0v) is 9.22. The summed E-state index contributed by atoms with van der Waals surface area (Å²) in [5.41, 5.74) is -0.0514. The molecule has 1 fully saturated rings. The molecule has 0 unspecified atom stereocenters. The van der Waals surface area contributed by atoms with Crippen molar-refractivity contribution in [1.82, 2.24) is 20.0 Å². The minimum Gasteiger partial charge on any atom is -0.248 e. The predicted molar refractivity (Wildman–Crippen MR) is 56.1 cm³/mol. The lowest BCUT2D eigenvalue weighted by molar-refractivity contribution is -0.141. The summed E-state index contributed by atoms with van der Waals surface area (Å²) in [5, 5.41) is 7.29. The summed E-state index contributed by atoms with van der Waals surface area (Å²) < 4.78 is 39.6. The van der Waals surface area contributed by atoms with Gasteiger partial charge in [-0.1, -0.05) is 5.21 Å². The Hall–Kier alpha value is -1.92. The monoisotopic (exact) mass is 254 g/mol. The van der Waals surface area contributed by atoms with E-state index in [0.717, 1.165) is 18.9 Å². The highest BCUT2D eigenvalue weighted by Crippen LogP contribution is 2.41. The first kappa shape index (κ1) is 11.2. The van der Waals surface area contributed by atoms with Crippen LogP contribution < -0.4 is 0 Å². The molecule has 4 nitrogen and oxygen atoms in total. The molecule has 3 rings (SSSR count). The lowest BCUT2D eigenvalue weighted by Crippen LogP contribution is -2.11. The van der Waals surface area contributed by atoms with E-state index in [1.807, 2.05) is 0 Å². The average molecular weight is 254 g/mol. The van der Waals surface area contributed by atoms with Gasteiger partial charge in [0.25, 0.3) is 0 Å². The molecule has 0 atom stereocenters. The summed E-state index contributed by atoms with van der Waals surface area (Å²) in [6.45, 7) is 0. The highest BCUT2D eigenvalue weighted by Gasteiger charge is 2.35. The molecule has 2 aromatic rings. The Morgan fingerprint density at radius 1 is 1.22 bits per heavy atom. The van der Waals surface area contributed by atoms with Crippen LogP contribution in [-0.2, 0) is 6.18 Å². The minimum absolute atomic E-state index is 0.148. The summed E-state index contributed by atoms with van der Waals surface area (Å²) in [6, 6.07) is 2.63. The zero-order chi connectivity index (χ0) is 12.8. The van der Waals surface area contributed by atoms with E-state index in [1.165, 1.54) is 17.1 Å². The van der Waals surface area contributed by atoms with E-state index < -0.39 is 11.9 Å². The quantitative estimate of drug-likeness (QED) is 0.827. The molecule has 0 spiro atoms. The number of hydrogen-bond donors (Lipinski definition) is 0. The first-order valence-corrected chi connectivity index (χ1v) is 5.50. The Balaban J connectivity index is 2.11. The van der Waals surface area contributed by atoms with Crippen LogP contribution in [0.25, 0.3) is 5.69 Å². The van der Waals surface area contributed by atoms with Gasteiger partial charge in [0.05, 0.1) is 18.1 Å². The molecule has 0 bridgehead atoms. The van der Waals surface area contributed by atoms with E-state index in [4.69, 9.17) is 0 Å². The topological polar surface area (TPSA) is 43.6 Å². The fourth-order valence-electron chi connectivity index (χ4n) is 1.75. The first-order valence-electron chi connectivity index (χ1n) is 5.50. The molecular weight excluding hydrogens is 245 g/mol. The van der Waals surface area contributed by atoms with Crippen LogP contribution in [-0.4, -0.2) is 20.0 Å². The number of pyridine rings is 1. The Kier molecular flexibility index (Phi) is 2.36. The third-order valence-corrected chi connectivity index (χ3v) is 2.80. The van der Waals surface area contributed by atoms with E-state index in [2.05, 4.69) is 15.3 Å². The second-order valence-electron chi connectivity index (χ2n) is 4.26. The maximum absolute atomic E-state index is 12.8. The van der Waals surface area contributed by atoms with E-state index in [1.54, 1.807) is 6.07 Å². The summed E-state index contributed by atoms with van der Waals surface area (Å²) in [5.74, 6) is 0.148. The van der Waals surface area contributed by atoms with E-state index in [0.29, 0.717) is 11.4 Å². The van der Waals surface area contributed by atoms with Gasteiger partial charge in [0, 0.05) is 11.6 Å². The van der Waals surface area contributed by atoms with E-state index in [9.17, 15) is 13.2 Å². The molecule has 2 aromatic heterocycles. The molecule has 0 saturated heterocycles. The van der Waals surface area contributed by atoms with Crippen molar-refractivity contribution in [2.75, 3.05) is 0 Å². The van der Waals surface area contributed by atoms with Gasteiger partial charge in [0.2, 0.25) is 0 Å². The van der Waals surface area contributed by atoms with Crippen LogP contribution in [0.4, 0.5) is 13.2 Å². The van der Waals surface area contributed by atoms with Gasteiger partial charge in [-0.15, -0.1) is 5.10 Å². The summed E-state index contributed by atoms with van der Waals surface area (Å²) in [4.78, 5) is 3.69. The Labute approximate surface area is 100 Å². The Bertz CT molecular complexity index is 558. The van der Waals surface area contributed by atoms with Crippen LogP contribution in [0.15, 0.2) is 24.5 Å². The first-order chi connectivity index (χ1) is 8.54. The van der Waals surface area contributed by atoms with Gasteiger partial charge in [-0.3, -0.25) is 0 Å². The van der Waals surface area contributed by atoms with Crippen molar-refractivity contribution < 1.29 is 13.2 Å². The van der Waals surface area contributed by atoms with Gasteiger partial charge in [-0.2, -0.15) is 13.2 Å². The number of hydrogen-bond acceptors (Lipinski definition) is 3. The van der Waals surface area contributed by atoms with Crippen molar-refractivity contribution in [3.8, 4) is 5.69 Å². The van der Waals surface area contributed by atoms with Gasteiger partial charge in [-0.05, 0) is 25.0 Å². The minimum atomic E-state index is -4.44. The normalized spacial score (nSPS) is 15.9. The van der Waals surface area contributed by atoms with Gasteiger partial charge >= 0.3 is 6.18 Å². The van der Waals surface area contributed by atoms with Gasteiger partial charge < -0.3 is 0 Å². The lowest BCUT2D eigenvalue weighted by Gasteiger charge is -2.10. The molecule has 94 valence electrons. The second kappa shape index (κ2) is 3.79. The summed E-state index contributed by atoms with van der Waals surface area (Å²) >= 11 is 0. The molecule has 1 aliphatic carbocycles. The third-order valence-electron chi connectivity index (χ3n) is 2.80. The molecule has 1 saturated carbocycles. The van der Waals surface area contributed by atoms with Crippen LogP contribution in [0.5, 0.6) is 0 Å². The predicted octanol–water partition coefficient (Wildman–Crippen LogP) is 2.56. The number of rotatable bonds is 2. The fraction of sp³-hybridized carbons (Fsp3) is 0.364. The number of halogens is 3. The maximum atomic E-state index is 12.8. The largest absolute Gasteiger partial charge is 0.433 e. The van der Waals surface area contributed by atoms with Crippen molar-refractivity contribution >= 4 is 0 Å². The smallest absolute Gasteiger partial charge is 0.248 e. The number of alkyl halides is 3. The van der Waals surface area contributed by atoms with Crippen LogP contribution in [0.2, 0.25) is 0 Å². The van der Waals surface area contributed by atoms with Crippen LogP contribution in [0, 0.1) is 0 Å². The summed E-state index contributed by atoms with van der Waals surface area (Å²) in [7, 11) is 0. The van der Waals surface area contributed by atoms with Crippen LogP contribution in [0.3, 0.4) is 0 Å². The molecule has 0 radical (unpaired) electrons. The maximum Gasteiger partial charge on any atom is 0.433 e. The highest BCUT2D eigenvalue weighted by molar-refractivity contribution is 5.37. The molecule has 0 aliphatic heterocycles. The van der Waals surface area contributed by atoms with Crippen molar-refractivity contribution in [1.29, 1.82) is 0 Å². The zero-order valence-electron chi connectivity index (χ0n) is 9.22. The standard InChI is InChI=1S/C11H9F3N4/c12-11(13,14)10-6-8(18-4-3-15-17-18)5-9(16-10)7-1-2-7/h3-7H,1-2H2. The SMILES string of the molecule is FC(F)(F)c1cc(-n2ccnn2)cc(C2CC2)n1. The molecule has 0 N–H and O–H groups in total. The Morgan fingerprint density at radius 3 is 2.56 bits per heavy atom. The van der Waals surface area contributed by atoms with Crippen molar-refractivity contribution in [2.45, 2.75) is 24.9 Å². The molecule has 0 amide bonds. The van der Waals surface area contributed by atoms with E-state index >= 15 is 0 Å². The molecule has 0 aromatic carbocycles. The molecule has 18 heavy (non-hydrogen) atoms. The average Bonchev–Trinajstić information content (AvgIpc) is 3.03. The molecule has 2 heterocycles. The highest BCUT2D eigenvalue weighted by atomic mass is 19.4. The number of aromatic nitrogens is 4. The molecule has 7 heteroatoms. The number of nitrogens with zero attached hydrogens (tertiary/aromatic N) is 4. The molecule has 1 aliphatic rings. The van der Waals surface area contributed by atoms with Crippen LogP contribution in [0.1, 0.15) is 30.1 Å². The molecular formula is C11H9F3N4. The van der Waals surface area contributed by atoms with Gasteiger partial charge in [0.15, 0.2) is 0 Å². The fourth-order valence-corrected chi connectivity index (χ4v) is 1.75. The Morgan fingerprint density at radius 2 is 2.00 bits per heavy atom. The van der Waals surface area contributed by atoms with Crippen molar-refractivity contribution in [2.24, 2.45) is 0 Å². The third kappa shape index (κ3) is 2.07. The second-order valence-corrected chi connectivity index (χ2v) is 4.26.